The van der Waals surface area contributed by atoms with Crippen LogP contribution in [0.3, 0.4) is 0 Å². The van der Waals surface area contributed by atoms with Crippen LogP contribution in [0.25, 0.3) is 0 Å². The highest BCUT2D eigenvalue weighted by Crippen LogP contribution is 2.32. The van der Waals surface area contributed by atoms with Gasteiger partial charge in [-0.25, -0.2) is 13.2 Å². The second-order valence-corrected chi connectivity index (χ2v) is 8.80. The summed E-state index contributed by atoms with van der Waals surface area (Å²) in [6, 6.07) is 11.0. The maximum Gasteiger partial charge on any atom is 0.338 e. The second kappa shape index (κ2) is 8.52. The summed E-state index contributed by atoms with van der Waals surface area (Å²) in [5, 5.41) is 2.67. The van der Waals surface area contributed by atoms with E-state index < -0.39 is 27.8 Å². The van der Waals surface area contributed by atoms with Crippen LogP contribution >= 0.6 is 0 Å². The number of hydrogen-bond acceptors (Lipinski definition) is 7. The molecule has 8 nitrogen and oxygen atoms in total. The molecule has 0 saturated heterocycles. The fourth-order valence-corrected chi connectivity index (χ4v) is 3.48. The van der Waals surface area contributed by atoms with Gasteiger partial charge in [0.25, 0.3) is 5.91 Å². The Kier molecular flexibility index (Phi) is 6.07. The van der Waals surface area contributed by atoms with E-state index >= 15 is 0 Å². The first-order valence-electron chi connectivity index (χ1n) is 8.89. The Morgan fingerprint density at radius 3 is 2.38 bits per heavy atom. The number of amides is 1. The molecule has 2 aromatic carbocycles. The molecule has 1 aliphatic rings. The smallest absolute Gasteiger partial charge is 0.338 e. The SMILES string of the molecule is C[C@H](OC(=O)c1ccc(CS(C)(=O)=O)cc1)C(=O)Nc1ccc2c(c1)OCCO2. The van der Waals surface area contributed by atoms with Gasteiger partial charge >= 0.3 is 5.97 Å². The van der Waals surface area contributed by atoms with Gasteiger partial charge in [0.1, 0.15) is 13.2 Å². The molecule has 29 heavy (non-hydrogen) atoms. The Balaban J connectivity index is 1.58. The van der Waals surface area contributed by atoms with Crippen molar-refractivity contribution in [2.45, 2.75) is 18.8 Å². The van der Waals surface area contributed by atoms with Gasteiger partial charge in [-0.1, -0.05) is 12.1 Å². The number of carbonyl (C=O) groups is 2. The van der Waals surface area contributed by atoms with Gasteiger partial charge in [-0.3, -0.25) is 4.79 Å². The van der Waals surface area contributed by atoms with E-state index in [9.17, 15) is 18.0 Å². The highest BCUT2D eigenvalue weighted by molar-refractivity contribution is 7.89. The van der Waals surface area contributed by atoms with Gasteiger partial charge in [-0.05, 0) is 36.8 Å². The fraction of sp³-hybridized carbons (Fsp3) is 0.300. The van der Waals surface area contributed by atoms with Crippen LogP contribution in [0.1, 0.15) is 22.8 Å². The number of hydrogen-bond donors (Lipinski definition) is 1. The Hall–Kier alpha value is -3.07. The van der Waals surface area contributed by atoms with Crippen LogP contribution in [0.5, 0.6) is 11.5 Å². The van der Waals surface area contributed by atoms with Crippen molar-refractivity contribution in [2.75, 3.05) is 24.8 Å². The lowest BCUT2D eigenvalue weighted by atomic mass is 10.1. The van der Waals surface area contributed by atoms with Crippen LogP contribution in [0.15, 0.2) is 42.5 Å². The van der Waals surface area contributed by atoms with Crippen LogP contribution in [-0.2, 0) is 25.1 Å². The Labute approximate surface area is 168 Å². The molecule has 1 atom stereocenters. The molecule has 0 radical (unpaired) electrons. The molecule has 3 rings (SSSR count). The number of anilines is 1. The minimum atomic E-state index is -3.16. The van der Waals surface area contributed by atoms with Gasteiger partial charge in [-0.2, -0.15) is 0 Å². The number of ether oxygens (including phenoxy) is 3. The van der Waals surface area contributed by atoms with E-state index in [2.05, 4.69) is 5.32 Å². The number of esters is 1. The van der Waals surface area contributed by atoms with Crippen molar-refractivity contribution in [2.24, 2.45) is 0 Å². The zero-order valence-corrected chi connectivity index (χ0v) is 16.8. The molecule has 2 aromatic rings. The second-order valence-electron chi connectivity index (χ2n) is 6.66. The summed E-state index contributed by atoms with van der Waals surface area (Å²) in [6.07, 6.45) is 0.100. The lowest BCUT2D eigenvalue weighted by molar-refractivity contribution is -0.123. The van der Waals surface area contributed by atoms with Gasteiger partial charge < -0.3 is 19.5 Å². The van der Waals surface area contributed by atoms with Crippen molar-refractivity contribution in [1.29, 1.82) is 0 Å². The van der Waals surface area contributed by atoms with Crippen LogP contribution in [-0.4, -0.2) is 45.9 Å². The summed E-state index contributed by atoms with van der Waals surface area (Å²) in [6.45, 7) is 2.37. The molecule has 0 saturated carbocycles. The van der Waals surface area contributed by atoms with Crippen molar-refractivity contribution in [3.05, 3.63) is 53.6 Å². The Morgan fingerprint density at radius 1 is 1.07 bits per heavy atom. The monoisotopic (exact) mass is 419 g/mol. The number of nitrogens with one attached hydrogen (secondary N) is 1. The van der Waals surface area contributed by atoms with Crippen molar-refractivity contribution in [3.63, 3.8) is 0 Å². The highest BCUT2D eigenvalue weighted by atomic mass is 32.2. The zero-order chi connectivity index (χ0) is 21.0. The third kappa shape index (κ3) is 5.71. The first-order chi connectivity index (χ1) is 13.7. The predicted octanol–water partition coefficient (Wildman–Crippen LogP) is 2.19. The Bertz CT molecular complexity index is 1020. The van der Waals surface area contributed by atoms with E-state index in [-0.39, 0.29) is 11.3 Å². The van der Waals surface area contributed by atoms with E-state index in [1.54, 1.807) is 18.2 Å². The molecular weight excluding hydrogens is 398 g/mol. The minimum absolute atomic E-state index is 0.114. The molecule has 0 aliphatic carbocycles. The van der Waals surface area contributed by atoms with E-state index in [0.717, 1.165) is 6.26 Å². The fourth-order valence-electron chi connectivity index (χ4n) is 2.69. The minimum Gasteiger partial charge on any atom is -0.486 e. The average molecular weight is 419 g/mol. The standard InChI is InChI=1S/C20H21NO7S/c1-13(19(22)21-16-7-8-17-18(11-16)27-10-9-26-17)28-20(23)15-5-3-14(4-6-15)12-29(2,24)25/h3-8,11,13H,9-10,12H2,1-2H3,(H,21,22)/t13-/m0/s1. The van der Waals surface area contributed by atoms with Crippen molar-refractivity contribution in [3.8, 4) is 11.5 Å². The summed E-state index contributed by atoms with van der Waals surface area (Å²) in [7, 11) is -3.16. The largest absolute Gasteiger partial charge is 0.486 e. The predicted molar refractivity (Wildman–Crippen MR) is 106 cm³/mol. The number of carbonyl (C=O) groups excluding carboxylic acids is 2. The zero-order valence-electron chi connectivity index (χ0n) is 16.0. The van der Waals surface area contributed by atoms with Crippen molar-refractivity contribution in [1.82, 2.24) is 0 Å². The number of rotatable bonds is 6. The van der Waals surface area contributed by atoms with Gasteiger partial charge in [0.05, 0.1) is 11.3 Å². The van der Waals surface area contributed by atoms with Crippen LogP contribution in [0.2, 0.25) is 0 Å². The molecule has 0 bridgehead atoms. The quantitative estimate of drug-likeness (QED) is 0.715. The van der Waals surface area contributed by atoms with Gasteiger partial charge in [0.2, 0.25) is 0 Å². The van der Waals surface area contributed by atoms with Crippen LogP contribution < -0.4 is 14.8 Å². The number of sulfone groups is 1. The first-order valence-corrected chi connectivity index (χ1v) is 11.0. The number of fused-ring (bicyclic) bond motifs is 1. The summed E-state index contributed by atoms with van der Waals surface area (Å²) in [5.41, 5.74) is 1.28. The normalized spacial score (nSPS) is 14.0. The molecule has 1 aliphatic heterocycles. The maximum atomic E-state index is 12.3. The van der Waals surface area contributed by atoms with E-state index in [0.29, 0.717) is 36.0 Å². The maximum absolute atomic E-state index is 12.3. The van der Waals surface area contributed by atoms with Gasteiger partial charge in [0.15, 0.2) is 27.4 Å². The molecule has 9 heteroatoms. The summed E-state index contributed by atoms with van der Waals surface area (Å²) >= 11 is 0. The summed E-state index contributed by atoms with van der Waals surface area (Å²) in [4.78, 5) is 24.6. The molecule has 1 amide bonds. The third-order valence-corrected chi connectivity index (χ3v) is 4.94. The topological polar surface area (TPSA) is 108 Å². The van der Waals surface area contributed by atoms with Crippen LogP contribution in [0.4, 0.5) is 5.69 Å². The summed E-state index contributed by atoms with van der Waals surface area (Å²) in [5.74, 6) is -0.151. The molecule has 0 aromatic heterocycles. The van der Waals surface area contributed by atoms with E-state index in [1.807, 2.05) is 0 Å². The third-order valence-electron chi connectivity index (χ3n) is 4.08. The Morgan fingerprint density at radius 2 is 1.72 bits per heavy atom. The molecule has 0 unspecified atom stereocenters. The molecule has 0 fully saturated rings. The van der Waals surface area contributed by atoms with E-state index in [1.165, 1.54) is 31.2 Å². The van der Waals surface area contributed by atoms with Gasteiger partial charge in [0, 0.05) is 18.0 Å². The molecular formula is C20H21NO7S. The van der Waals surface area contributed by atoms with E-state index in [4.69, 9.17) is 14.2 Å². The lowest BCUT2D eigenvalue weighted by Gasteiger charge is -2.19. The van der Waals surface area contributed by atoms with Crippen molar-refractivity contribution < 1.29 is 32.2 Å². The van der Waals surface area contributed by atoms with Gasteiger partial charge in [-0.15, -0.1) is 0 Å². The average Bonchev–Trinajstić information content (AvgIpc) is 2.67. The molecule has 0 spiro atoms. The van der Waals surface area contributed by atoms with Crippen molar-refractivity contribution >= 4 is 27.4 Å². The molecule has 1 N–H and O–H groups in total. The molecule has 154 valence electrons. The molecule has 1 heterocycles. The highest BCUT2D eigenvalue weighted by Gasteiger charge is 2.20. The first kappa shape index (κ1) is 20.7. The van der Waals surface area contributed by atoms with Crippen LogP contribution in [0, 0.1) is 0 Å². The number of benzene rings is 2. The summed E-state index contributed by atoms with van der Waals surface area (Å²) < 4.78 is 38.7. The lowest BCUT2D eigenvalue weighted by Crippen LogP contribution is -2.30.